The van der Waals surface area contributed by atoms with Gasteiger partial charge in [-0.05, 0) is 36.6 Å². The maximum absolute atomic E-state index is 11.9. The fourth-order valence-corrected chi connectivity index (χ4v) is 2.81. The van der Waals surface area contributed by atoms with Crippen LogP contribution in [0.5, 0.6) is 5.75 Å². The molecule has 0 aliphatic rings. The van der Waals surface area contributed by atoms with Crippen LogP contribution in [0.2, 0.25) is 0 Å². The van der Waals surface area contributed by atoms with Gasteiger partial charge in [0.05, 0.1) is 17.7 Å². The largest absolute Gasteiger partial charge is 0.495 e. The Bertz CT molecular complexity index is 1060. The van der Waals surface area contributed by atoms with E-state index in [0.717, 1.165) is 22.1 Å². The van der Waals surface area contributed by atoms with Crippen LogP contribution in [0.4, 0.5) is 11.4 Å². The number of anilines is 1. The van der Waals surface area contributed by atoms with Crippen molar-refractivity contribution in [1.29, 1.82) is 0 Å². The molecule has 7 heteroatoms. The van der Waals surface area contributed by atoms with E-state index in [9.17, 15) is 14.9 Å². The summed E-state index contributed by atoms with van der Waals surface area (Å²) in [5.74, 6) is 0.481. The second kappa shape index (κ2) is 6.87. The first-order valence-corrected chi connectivity index (χ1v) is 8.00. The molecule has 0 atom stereocenters. The lowest BCUT2D eigenvalue weighted by Gasteiger charge is -2.13. The van der Waals surface area contributed by atoms with Gasteiger partial charge in [0.2, 0.25) is 0 Å². The standard InChI is InChI=1S/C19H18N2O5/c1-11-4-6-15-13(8-18(22)26-19(15)12(11)2)10-20-16-9-14(21(23)24)5-7-17(16)25-3/h4-9,20H,10H2,1-3H3. The van der Waals surface area contributed by atoms with Crippen molar-refractivity contribution >= 4 is 22.3 Å². The van der Waals surface area contributed by atoms with Gasteiger partial charge in [0.25, 0.3) is 5.69 Å². The molecule has 0 aliphatic heterocycles. The number of nitrogens with zero attached hydrogens (tertiary/aromatic N) is 1. The number of benzene rings is 2. The third kappa shape index (κ3) is 3.23. The smallest absolute Gasteiger partial charge is 0.336 e. The van der Waals surface area contributed by atoms with Gasteiger partial charge in [-0.15, -0.1) is 0 Å². The summed E-state index contributed by atoms with van der Waals surface area (Å²) >= 11 is 0. The van der Waals surface area contributed by atoms with E-state index >= 15 is 0 Å². The summed E-state index contributed by atoms with van der Waals surface area (Å²) in [7, 11) is 1.49. The van der Waals surface area contributed by atoms with Gasteiger partial charge in [-0.3, -0.25) is 10.1 Å². The van der Waals surface area contributed by atoms with Crippen LogP contribution in [0.3, 0.4) is 0 Å². The normalized spacial score (nSPS) is 10.7. The maximum atomic E-state index is 11.9. The van der Waals surface area contributed by atoms with Crippen molar-refractivity contribution in [3.8, 4) is 5.75 Å². The van der Waals surface area contributed by atoms with E-state index in [1.54, 1.807) is 0 Å². The predicted octanol–water partition coefficient (Wildman–Crippen LogP) is 3.94. The van der Waals surface area contributed by atoms with E-state index in [1.807, 2.05) is 26.0 Å². The SMILES string of the molecule is COc1ccc([N+](=O)[O-])cc1NCc1cc(=O)oc2c(C)c(C)ccc12. The molecule has 0 saturated heterocycles. The van der Waals surface area contributed by atoms with E-state index in [2.05, 4.69) is 5.32 Å². The van der Waals surface area contributed by atoms with E-state index in [4.69, 9.17) is 9.15 Å². The molecule has 0 saturated carbocycles. The Morgan fingerprint density at radius 1 is 1.19 bits per heavy atom. The average Bonchev–Trinajstić information content (AvgIpc) is 2.62. The molecule has 0 unspecified atom stereocenters. The van der Waals surface area contributed by atoms with Crippen LogP contribution in [0.1, 0.15) is 16.7 Å². The lowest BCUT2D eigenvalue weighted by molar-refractivity contribution is -0.384. The minimum absolute atomic E-state index is 0.0443. The number of methoxy groups -OCH3 is 1. The quantitative estimate of drug-likeness (QED) is 0.424. The third-order valence-electron chi connectivity index (χ3n) is 4.38. The molecule has 3 aromatic rings. The first kappa shape index (κ1) is 17.5. The molecule has 0 spiro atoms. The van der Waals surface area contributed by atoms with E-state index < -0.39 is 10.5 Å². The number of aryl methyl sites for hydroxylation is 2. The van der Waals surface area contributed by atoms with E-state index in [1.165, 1.54) is 31.4 Å². The average molecular weight is 354 g/mol. The highest BCUT2D eigenvalue weighted by Crippen LogP contribution is 2.30. The number of nitro benzene ring substituents is 1. The molecule has 0 radical (unpaired) electrons. The van der Waals surface area contributed by atoms with Gasteiger partial charge in [-0.25, -0.2) is 4.79 Å². The highest BCUT2D eigenvalue weighted by atomic mass is 16.6. The van der Waals surface area contributed by atoms with Crippen molar-refractivity contribution in [3.63, 3.8) is 0 Å². The summed E-state index contributed by atoms with van der Waals surface area (Å²) in [4.78, 5) is 22.5. The lowest BCUT2D eigenvalue weighted by Crippen LogP contribution is -2.07. The summed E-state index contributed by atoms with van der Waals surface area (Å²) in [6, 6.07) is 9.61. The molecule has 1 aromatic heterocycles. The van der Waals surface area contributed by atoms with Crippen LogP contribution in [0, 0.1) is 24.0 Å². The molecule has 2 aromatic carbocycles. The first-order chi connectivity index (χ1) is 12.4. The van der Waals surface area contributed by atoms with Crippen molar-refractivity contribution in [2.45, 2.75) is 20.4 Å². The molecule has 7 nitrogen and oxygen atoms in total. The van der Waals surface area contributed by atoms with Crippen LogP contribution in [-0.2, 0) is 6.54 Å². The Balaban J connectivity index is 2.01. The topological polar surface area (TPSA) is 94.6 Å². The number of nitrogens with one attached hydrogen (secondary N) is 1. The van der Waals surface area contributed by atoms with Crippen LogP contribution in [0.25, 0.3) is 11.0 Å². The number of ether oxygens (including phenoxy) is 1. The predicted molar refractivity (Wildman–Crippen MR) is 98.9 cm³/mol. The van der Waals surface area contributed by atoms with Crippen molar-refractivity contribution in [1.82, 2.24) is 0 Å². The van der Waals surface area contributed by atoms with Gasteiger partial charge in [0.15, 0.2) is 0 Å². The highest BCUT2D eigenvalue weighted by molar-refractivity contribution is 5.84. The van der Waals surface area contributed by atoms with E-state index in [-0.39, 0.29) is 5.69 Å². The number of non-ortho nitro benzene ring substituents is 1. The Hall–Kier alpha value is -3.35. The van der Waals surface area contributed by atoms with Crippen LogP contribution in [0.15, 0.2) is 45.6 Å². The zero-order valence-electron chi connectivity index (χ0n) is 14.7. The van der Waals surface area contributed by atoms with Gasteiger partial charge in [0, 0.05) is 30.1 Å². The first-order valence-electron chi connectivity index (χ1n) is 8.00. The zero-order valence-corrected chi connectivity index (χ0v) is 14.7. The maximum Gasteiger partial charge on any atom is 0.336 e. The van der Waals surface area contributed by atoms with Crippen LogP contribution < -0.4 is 15.7 Å². The molecule has 3 rings (SSSR count). The second-order valence-electron chi connectivity index (χ2n) is 5.97. The Morgan fingerprint density at radius 3 is 2.65 bits per heavy atom. The zero-order chi connectivity index (χ0) is 18.8. The van der Waals surface area contributed by atoms with Crippen molar-refractivity contribution in [3.05, 3.63) is 73.6 Å². The van der Waals surface area contributed by atoms with Crippen LogP contribution in [-0.4, -0.2) is 12.0 Å². The molecular formula is C19H18N2O5. The summed E-state index contributed by atoms with van der Waals surface area (Å²) in [6.45, 7) is 4.15. The number of fused-ring (bicyclic) bond motifs is 1. The van der Waals surface area contributed by atoms with E-state index in [0.29, 0.717) is 23.6 Å². The second-order valence-corrected chi connectivity index (χ2v) is 5.97. The number of nitro groups is 1. The molecule has 0 amide bonds. The molecule has 0 aliphatic carbocycles. The minimum atomic E-state index is -0.469. The van der Waals surface area contributed by atoms with Gasteiger partial charge < -0.3 is 14.5 Å². The number of hydrogen-bond donors (Lipinski definition) is 1. The molecule has 1 N–H and O–H groups in total. The molecule has 134 valence electrons. The Labute approximate surface area is 149 Å². The van der Waals surface area contributed by atoms with Crippen LogP contribution >= 0.6 is 0 Å². The fraction of sp³-hybridized carbons (Fsp3) is 0.211. The summed E-state index contributed by atoms with van der Waals surface area (Å²) in [5.41, 5.74) is 3.24. The molecule has 0 bridgehead atoms. The summed E-state index contributed by atoms with van der Waals surface area (Å²) in [5, 5.41) is 14.9. The summed E-state index contributed by atoms with van der Waals surface area (Å²) in [6.07, 6.45) is 0. The minimum Gasteiger partial charge on any atom is -0.495 e. The molecular weight excluding hydrogens is 336 g/mol. The Kier molecular flexibility index (Phi) is 4.62. The Morgan fingerprint density at radius 2 is 1.96 bits per heavy atom. The molecule has 26 heavy (non-hydrogen) atoms. The van der Waals surface area contributed by atoms with Gasteiger partial charge in [-0.1, -0.05) is 12.1 Å². The highest BCUT2D eigenvalue weighted by Gasteiger charge is 2.13. The molecule has 0 fully saturated rings. The van der Waals surface area contributed by atoms with Crippen molar-refractivity contribution in [2.75, 3.05) is 12.4 Å². The lowest BCUT2D eigenvalue weighted by atomic mass is 10.0. The van der Waals surface area contributed by atoms with Gasteiger partial charge in [-0.2, -0.15) is 0 Å². The van der Waals surface area contributed by atoms with Gasteiger partial charge in [0.1, 0.15) is 11.3 Å². The number of rotatable bonds is 5. The van der Waals surface area contributed by atoms with Crippen molar-refractivity contribution in [2.24, 2.45) is 0 Å². The third-order valence-corrected chi connectivity index (χ3v) is 4.38. The number of hydrogen-bond acceptors (Lipinski definition) is 6. The monoisotopic (exact) mass is 354 g/mol. The molecule has 1 heterocycles. The van der Waals surface area contributed by atoms with Crippen molar-refractivity contribution < 1.29 is 14.1 Å². The fourth-order valence-electron chi connectivity index (χ4n) is 2.81. The van der Waals surface area contributed by atoms with Gasteiger partial charge >= 0.3 is 5.63 Å². The summed E-state index contributed by atoms with van der Waals surface area (Å²) < 4.78 is 10.6.